The molecule has 0 aliphatic heterocycles. The summed E-state index contributed by atoms with van der Waals surface area (Å²) in [5, 5.41) is 12.4. The lowest BCUT2D eigenvalue weighted by Gasteiger charge is -2.21. The molecule has 0 amide bonds. The minimum Gasteiger partial charge on any atom is -0.0616 e. The summed E-state index contributed by atoms with van der Waals surface area (Å²) < 4.78 is 74.7. The van der Waals surface area contributed by atoms with Gasteiger partial charge in [0.05, 0.1) is 11.0 Å². The lowest BCUT2D eigenvalue weighted by Crippen LogP contribution is -1.93. The van der Waals surface area contributed by atoms with E-state index in [2.05, 4.69) is 36.4 Å². The van der Waals surface area contributed by atoms with Crippen molar-refractivity contribution in [1.82, 2.24) is 0 Å². The second-order valence-electron chi connectivity index (χ2n) is 13.0. The van der Waals surface area contributed by atoms with Crippen molar-refractivity contribution in [2.75, 3.05) is 0 Å². The van der Waals surface area contributed by atoms with Gasteiger partial charge in [0.1, 0.15) is 0 Å². The Hall–Kier alpha value is -6.50. The zero-order chi connectivity index (χ0) is 39.7. The smallest absolute Gasteiger partial charge is 0.0616 e. The maximum Gasteiger partial charge on any atom is 0.0629 e. The monoisotopic (exact) mass is 638 g/mol. The Morgan fingerprint density at radius 3 is 1.00 bits per heavy atom. The molecule has 0 saturated heterocycles. The number of fused-ring (bicyclic) bond motifs is 12. The molecule has 0 heteroatoms. The molecule has 0 spiro atoms. The van der Waals surface area contributed by atoms with Crippen molar-refractivity contribution in [2.45, 2.75) is 0 Å². The summed E-state index contributed by atoms with van der Waals surface area (Å²) in [6, 6.07) is 41.6. The van der Waals surface area contributed by atoms with Crippen LogP contribution in [-0.2, 0) is 0 Å². The van der Waals surface area contributed by atoms with Gasteiger partial charge in [0, 0.05) is 0 Å². The van der Waals surface area contributed by atoms with Gasteiger partial charge in [-0.2, -0.15) is 0 Å². The van der Waals surface area contributed by atoms with E-state index in [-0.39, 0.29) is 45.7 Å². The molecule has 0 fully saturated rings. The third kappa shape index (κ3) is 3.82. The highest BCUT2D eigenvalue weighted by Gasteiger charge is 2.21. The van der Waals surface area contributed by atoms with E-state index >= 15 is 0 Å². The number of hydrogen-bond acceptors (Lipinski definition) is 0. The van der Waals surface area contributed by atoms with E-state index < -0.39 is 24.2 Å². The van der Waals surface area contributed by atoms with Crippen LogP contribution in [0.3, 0.4) is 0 Å². The van der Waals surface area contributed by atoms with Crippen LogP contribution in [0.4, 0.5) is 0 Å². The predicted molar refractivity (Wildman–Crippen MR) is 217 cm³/mol. The van der Waals surface area contributed by atoms with Crippen molar-refractivity contribution >= 4 is 86.2 Å². The molecule has 0 aliphatic carbocycles. The van der Waals surface area contributed by atoms with Crippen LogP contribution in [-0.4, -0.2) is 0 Å². The summed E-state index contributed by atoms with van der Waals surface area (Å²) in [5.74, 6) is 0. The largest absolute Gasteiger partial charge is 0.0629 e. The van der Waals surface area contributed by atoms with Gasteiger partial charge in [0.2, 0.25) is 0 Å². The van der Waals surface area contributed by atoms with Gasteiger partial charge in [-0.05, 0) is 121 Å². The lowest BCUT2D eigenvalue weighted by molar-refractivity contribution is 1.71. The predicted octanol–water partition coefficient (Wildman–Crippen LogP) is 14.2. The summed E-state index contributed by atoms with van der Waals surface area (Å²) in [5.41, 5.74) is 1.92. The zero-order valence-corrected chi connectivity index (χ0v) is 26.7. The molecule has 0 nitrogen and oxygen atoms in total. The summed E-state index contributed by atoms with van der Waals surface area (Å²) >= 11 is 0. The van der Waals surface area contributed by atoms with Gasteiger partial charge in [-0.1, -0.05) is 170 Å². The van der Waals surface area contributed by atoms with E-state index in [1.807, 2.05) is 97.1 Å². The third-order valence-corrected chi connectivity index (χ3v) is 10.4. The average molecular weight is 639 g/mol. The lowest BCUT2D eigenvalue weighted by atomic mass is 9.82. The highest BCUT2D eigenvalue weighted by Crippen LogP contribution is 2.49. The third-order valence-electron chi connectivity index (χ3n) is 10.4. The van der Waals surface area contributed by atoms with Gasteiger partial charge in [-0.3, -0.25) is 0 Å². The number of rotatable bonds is 2. The van der Waals surface area contributed by atoms with Crippen LogP contribution in [0.25, 0.3) is 108 Å². The topological polar surface area (TPSA) is 0 Å². The molecule has 0 aliphatic rings. The van der Waals surface area contributed by atoms with Crippen molar-refractivity contribution in [2.24, 2.45) is 0 Å². The molecular formula is C50H30. The van der Waals surface area contributed by atoms with Gasteiger partial charge >= 0.3 is 0 Å². The molecule has 0 bridgehead atoms. The van der Waals surface area contributed by atoms with E-state index in [1.165, 1.54) is 0 Å². The summed E-state index contributed by atoms with van der Waals surface area (Å²) in [4.78, 5) is 0. The number of hydrogen-bond donors (Lipinski definition) is 0. The number of benzene rings is 11. The van der Waals surface area contributed by atoms with Crippen LogP contribution < -0.4 is 0 Å². The first-order valence-electron chi connectivity index (χ1n) is 20.8. The molecule has 0 saturated carbocycles. The summed E-state index contributed by atoms with van der Waals surface area (Å²) in [7, 11) is 0. The van der Waals surface area contributed by atoms with E-state index in [9.17, 15) is 5.48 Å². The Morgan fingerprint density at radius 2 is 0.600 bits per heavy atom. The van der Waals surface area contributed by atoms with Crippen molar-refractivity contribution in [3.8, 4) is 22.3 Å². The minimum atomic E-state index is -0.421. The van der Waals surface area contributed by atoms with Gasteiger partial charge in [-0.25, -0.2) is 0 Å². The molecule has 50 heavy (non-hydrogen) atoms. The van der Waals surface area contributed by atoms with Gasteiger partial charge in [-0.15, -0.1) is 0 Å². The van der Waals surface area contributed by atoms with E-state index in [1.54, 1.807) is 0 Å². The zero-order valence-electron chi connectivity index (χ0n) is 34.7. The fourth-order valence-electron chi connectivity index (χ4n) is 8.33. The van der Waals surface area contributed by atoms with Crippen molar-refractivity contribution in [1.29, 1.82) is 0 Å². The summed E-state index contributed by atoms with van der Waals surface area (Å²) in [6.45, 7) is 0. The van der Waals surface area contributed by atoms with Crippen LogP contribution in [0.2, 0.25) is 0 Å². The van der Waals surface area contributed by atoms with E-state index in [4.69, 9.17) is 5.48 Å². The Balaban J connectivity index is 1.43. The second kappa shape index (κ2) is 10.5. The van der Waals surface area contributed by atoms with Crippen molar-refractivity contribution < 1.29 is 11.0 Å². The van der Waals surface area contributed by atoms with Gasteiger partial charge < -0.3 is 0 Å². The first kappa shape index (κ1) is 20.8. The fraction of sp³-hybridized carbons (Fsp3) is 0. The quantitative estimate of drug-likeness (QED) is 0.131. The Bertz CT molecular complexity index is 3340. The first-order chi connectivity index (χ1) is 28.2. The molecule has 11 aromatic rings. The molecule has 230 valence electrons. The molecule has 11 aromatic carbocycles. The Kier molecular flexibility index (Phi) is 4.36. The maximum atomic E-state index is 9.65. The van der Waals surface area contributed by atoms with Crippen LogP contribution in [0, 0.1) is 0 Å². The molecule has 0 radical (unpaired) electrons. The molecule has 0 unspecified atom stereocenters. The molecule has 0 aromatic heterocycles. The van der Waals surface area contributed by atoms with Crippen molar-refractivity contribution in [3.05, 3.63) is 182 Å². The van der Waals surface area contributed by atoms with Crippen LogP contribution >= 0.6 is 0 Å². The van der Waals surface area contributed by atoms with Crippen LogP contribution in [0.15, 0.2) is 182 Å². The maximum absolute atomic E-state index is 9.65. The Labute approximate surface area is 300 Å². The van der Waals surface area contributed by atoms with Gasteiger partial charge in [0.25, 0.3) is 0 Å². The highest BCUT2D eigenvalue weighted by atomic mass is 14.2. The van der Waals surface area contributed by atoms with Crippen LogP contribution in [0.5, 0.6) is 0 Å². The SMILES string of the molecule is [2H]c1c([2H])c([2H])c2c(-c3cc4ccc5ccccc5c4c4ccccc34)c3c([2H])c([2H])c([2H])c([2H])c3c(-c3cc4ccc5ccccc5c4c4ccccc34)c2c1[2H]. The van der Waals surface area contributed by atoms with E-state index in [0.29, 0.717) is 22.3 Å². The van der Waals surface area contributed by atoms with E-state index in [0.717, 1.165) is 64.6 Å². The molecule has 0 heterocycles. The molecule has 11 rings (SSSR count). The summed E-state index contributed by atoms with van der Waals surface area (Å²) in [6.07, 6.45) is 0. The normalized spacial score (nSPS) is 14.2. The Morgan fingerprint density at radius 1 is 0.280 bits per heavy atom. The molecular weight excluding hydrogens is 601 g/mol. The standard InChI is InChI=1S/C50H30/c1-3-15-35-31(13-1)25-27-33-29-45(37-17-5-7-19-39(37)47(33)35)49-41-21-9-11-23-43(41)50(44-24-12-10-22-42(44)49)46-30-34-28-26-32-14-2-4-16-36(32)48(34)40-20-8-6-18-38(40)46/h1-30H/i9D,10D,11D,12D,21D,22D,23D,24D. The average Bonchev–Trinajstić information content (AvgIpc) is 3.26. The molecule has 0 N–H and O–H groups in total. The fourth-order valence-corrected chi connectivity index (χ4v) is 8.33. The second-order valence-corrected chi connectivity index (χ2v) is 13.0. The first-order valence-corrected chi connectivity index (χ1v) is 16.8. The molecule has 0 atom stereocenters. The van der Waals surface area contributed by atoms with Gasteiger partial charge in [0.15, 0.2) is 0 Å². The van der Waals surface area contributed by atoms with Crippen LogP contribution in [0.1, 0.15) is 11.0 Å². The minimum absolute atomic E-state index is 0.200. The van der Waals surface area contributed by atoms with Crippen molar-refractivity contribution in [3.63, 3.8) is 0 Å². The highest BCUT2D eigenvalue weighted by molar-refractivity contribution is 6.31.